The Bertz CT molecular complexity index is 1290. The van der Waals surface area contributed by atoms with Crippen LogP contribution in [0.3, 0.4) is 0 Å². The largest absolute Gasteiger partial charge is 0.385 e. The molecule has 1 fully saturated rings. The fourth-order valence-electron chi connectivity index (χ4n) is 4.50. The first-order valence-corrected chi connectivity index (χ1v) is 11.2. The number of aliphatic hydroxyl groups excluding tert-OH is 1. The number of hydrogen-bond acceptors (Lipinski definition) is 6. The van der Waals surface area contributed by atoms with Gasteiger partial charge in [-0.3, -0.25) is 14.3 Å². The molecule has 2 aromatic carbocycles. The van der Waals surface area contributed by atoms with Gasteiger partial charge in [0.15, 0.2) is 6.23 Å². The van der Waals surface area contributed by atoms with Gasteiger partial charge in [0.1, 0.15) is 23.9 Å². The quantitative estimate of drug-likeness (QED) is 0.522. The molecular weight excluding hydrogens is 436 g/mol. The van der Waals surface area contributed by atoms with Gasteiger partial charge in [0.25, 0.3) is 5.56 Å². The summed E-state index contributed by atoms with van der Waals surface area (Å²) in [4.78, 5) is 26.7. The Balaban J connectivity index is 1.45. The molecule has 0 unspecified atom stereocenters. The standard InChI is InChI=1S/C26H26N2O6/c1-17-14-28(25(31)27-23(17)30)24-21(29)26(33-16-19-10-6-3-7-11-19)13-12-20(22(26)34-24)32-15-18-8-4-2-5-9-18/h2-14,20-22,24,29H,15-16H2,1H3,(H,27,30,31)/t20-,21+,22-,24-,26+/m1/s1. The van der Waals surface area contributed by atoms with E-state index in [0.717, 1.165) is 11.1 Å². The molecule has 8 nitrogen and oxygen atoms in total. The van der Waals surface area contributed by atoms with Crippen molar-refractivity contribution in [1.29, 1.82) is 0 Å². The van der Waals surface area contributed by atoms with Gasteiger partial charge in [-0.05, 0) is 24.1 Å². The van der Waals surface area contributed by atoms with E-state index in [1.807, 2.05) is 66.7 Å². The highest BCUT2D eigenvalue weighted by atomic mass is 16.6. The molecule has 0 saturated carbocycles. The predicted molar refractivity (Wildman–Crippen MR) is 124 cm³/mol. The van der Waals surface area contributed by atoms with Crippen LogP contribution in [0.15, 0.2) is 88.6 Å². The Morgan fingerprint density at radius 2 is 1.68 bits per heavy atom. The van der Waals surface area contributed by atoms with Gasteiger partial charge in [-0.1, -0.05) is 66.7 Å². The zero-order valence-corrected chi connectivity index (χ0v) is 18.7. The first-order valence-electron chi connectivity index (χ1n) is 11.2. The maximum atomic E-state index is 12.5. The molecule has 8 heteroatoms. The molecule has 0 radical (unpaired) electrons. The van der Waals surface area contributed by atoms with E-state index in [1.54, 1.807) is 13.0 Å². The van der Waals surface area contributed by atoms with Crippen molar-refractivity contribution in [2.45, 2.75) is 50.3 Å². The molecule has 0 bridgehead atoms. The van der Waals surface area contributed by atoms with Gasteiger partial charge >= 0.3 is 5.69 Å². The van der Waals surface area contributed by atoms with Crippen molar-refractivity contribution >= 4 is 0 Å². The minimum atomic E-state index is -1.23. The van der Waals surface area contributed by atoms with Crippen molar-refractivity contribution in [2.24, 2.45) is 0 Å². The molecule has 2 aliphatic rings. The number of nitrogens with one attached hydrogen (secondary N) is 1. The predicted octanol–water partition coefficient (Wildman–Crippen LogP) is 2.21. The number of H-pyrrole nitrogens is 1. The maximum absolute atomic E-state index is 12.5. The molecule has 1 aliphatic heterocycles. The van der Waals surface area contributed by atoms with Crippen LogP contribution in [0.5, 0.6) is 0 Å². The zero-order chi connectivity index (χ0) is 23.7. The summed E-state index contributed by atoms with van der Waals surface area (Å²) in [5.74, 6) is 0. The van der Waals surface area contributed by atoms with Crippen LogP contribution < -0.4 is 11.2 Å². The van der Waals surface area contributed by atoms with Crippen LogP contribution in [-0.2, 0) is 27.4 Å². The normalized spacial score (nSPS) is 27.7. The molecule has 2 N–H and O–H groups in total. The van der Waals surface area contributed by atoms with Crippen molar-refractivity contribution < 1.29 is 19.3 Å². The lowest BCUT2D eigenvalue weighted by Gasteiger charge is -2.32. The van der Waals surface area contributed by atoms with Crippen LogP contribution in [0.4, 0.5) is 0 Å². The number of aromatic nitrogens is 2. The summed E-state index contributed by atoms with van der Waals surface area (Å²) in [7, 11) is 0. The number of ether oxygens (including phenoxy) is 3. The smallest absolute Gasteiger partial charge is 0.330 e. The highest BCUT2D eigenvalue weighted by molar-refractivity contribution is 5.28. The molecule has 0 amide bonds. The van der Waals surface area contributed by atoms with Gasteiger partial charge in [-0.25, -0.2) is 4.79 Å². The van der Waals surface area contributed by atoms with Crippen LogP contribution in [0.25, 0.3) is 0 Å². The number of nitrogens with zero attached hydrogens (tertiary/aromatic N) is 1. The third kappa shape index (κ3) is 4.05. The second-order valence-electron chi connectivity index (χ2n) is 8.62. The molecule has 176 valence electrons. The van der Waals surface area contributed by atoms with E-state index < -0.39 is 41.4 Å². The second kappa shape index (κ2) is 9.15. The minimum absolute atomic E-state index is 0.236. The van der Waals surface area contributed by atoms with Gasteiger partial charge in [-0.2, -0.15) is 0 Å². The minimum Gasteiger partial charge on any atom is -0.385 e. The Hall–Kier alpha value is -3.30. The SMILES string of the molecule is Cc1cn([C@@H]2O[C@@H]3[C@H](OCc4ccccc4)C=C[C@]3(OCc3ccccc3)[C@H]2O)c(=O)[nH]c1=O. The topological polar surface area (TPSA) is 103 Å². The third-order valence-electron chi connectivity index (χ3n) is 6.34. The van der Waals surface area contributed by atoms with E-state index in [9.17, 15) is 14.7 Å². The fraction of sp³-hybridized carbons (Fsp3) is 0.308. The lowest BCUT2D eigenvalue weighted by molar-refractivity contribution is -0.129. The summed E-state index contributed by atoms with van der Waals surface area (Å²) in [5.41, 5.74) is -0.104. The number of hydrogen-bond donors (Lipinski definition) is 2. The second-order valence-corrected chi connectivity index (χ2v) is 8.62. The molecule has 1 saturated heterocycles. The molecule has 2 heterocycles. The molecule has 34 heavy (non-hydrogen) atoms. The van der Waals surface area contributed by atoms with Gasteiger partial charge < -0.3 is 19.3 Å². The van der Waals surface area contributed by atoms with E-state index in [4.69, 9.17) is 14.2 Å². The van der Waals surface area contributed by atoms with E-state index in [-0.39, 0.29) is 6.61 Å². The highest BCUT2D eigenvalue weighted by Crippen LogP contribution is 2.46. The van der Waals surface area contributed by atoms with Gasteiger partial charge in [0.05, 0.1) is 13.2 Å². The summed E-state index contributed by atoms with van der Waals surface area (Å²) in [6.07, 6.45) is 1.52. The zero-order valence-electron chi connectivity index (χ0n) is 18.7. The Morgan fingerprint density at radius 1 is 1.03 bits per heavy atom. The molecule has 3 aromatic rings. The van der Waals surface area contributed by atoms with Crippen LogP contribution >= 0.6 is 0 Å². The molecule has 5 rings (SSSR count). The van der Waals surface area contributed by atoms with E-state index >= 15 is 0 Å². The number of aromatic amines is 1. The number of rotatable bonds is 7. The summed E-state index contributed by atoms with van der Waals surface area (Å²) in [5, 5.41) is 11.4. The number of benzene rings is 2. The molecule has 0 spiro atoms. The van der Waals surface area contributed by atoms with Crippen LogP contribution in [0, 0.1) is 6.92 Å². The Morgan fingerprint density at radius 3 is 2.35 bits per heavy atom. The van der Waals surface area contributed by atoms with E-state index in [1.165, 1.54) is 10.8 Å². The van der Waals surface area contributed by atoms with Crippen molar-refractivity contribution in [3.63, 3.8) is 0 Å². The highest BCUT2D eigenvalue weighted by Gasteiger charge is 2.62. The van der Waals surface area contributed by atoms with Crippen LogP contribution in [0.2, 0.25) is 0 Å². The summed E-state index contributed by atoms with van der Waals surface area (Å²) < 4.78 is 19.9. The molecule has 5 atom stereocenters. The first kappa shape index (κ1) is 22.5. The van der Waals surface area contributed by atoms with Gasteiger partial charge in [0.2, 0.25) is 0 Å². The monoisotopic (exact) mass is 462 g/mol. The van der Waals surface area contributed by atoms with Crippen LogP contribution in [-0.4, -0.2) is 38.6 Å². The molecule has 1 aromatic heterocycles. The lowest BCUT2D eigenvalue weighted by atomic mass is 9.94. The summed E-state index contributed by atoms with van der Waals surface area (Å²) >= 11 is 0. The van der Waals surface area contributed by atoms with Crippen molar-refractivity contribution in [1.82, 2.24) is 9.55 Å². The Kier molecular flexibility index (Phi) is 6.05. The third-order valence-corrected chi connectivity index (χ3v) is 6.34. The van der Waals surface area contributed by atoms with E-state index in [0.29, 0.717) is 12.2 Å². The van der Waals surface area contributed by atoms with Crippen LogP contribution in [0.1, 0.15) is 22.9 Å². The molecular formula is C26H26N2O6. The Labute approximate surface area is 196 Å². The maximum Gasteiger partial charge on any atom is 0.330 e. The average Bonchev–Trinajstić information content (AvgIpc) is 3.34. The van der Waals surface area contributed by atoms with Gasteiger partial charge in [0, 0.05) is 11.8 Å². The van der Waals surface area contributed by atoms with Gasteiger partial charge in [-0.15, -0.1) is 0 Å². The summed E-state index contributed by atoms with van der Waals surface area (Å²) in [6.45, 7) is 2.17. The van der Waals surface area contributed by atoms with Crippen molar-refractivity contribution in [2.75, 3.05) is 0 Å². The first-order chi connectivity index (χ1) is 16.5. The lowest BCUT2D eigenvalue weighted by Crippen LogP contribution is -2.49. The number of aryl methyl sites for hydroxylation is 1. The van der Waals surface area contributed by atoms with E-state index in [2.05, 4.69) is 4.98 Å². The number of aliphatic hydroxyl groups is 1. The average molecular weight is 463 g/mol. The fourth-order valence-corrected chi connectivity index (χ4v) is 4.50. The molecule has 1 aliphatic carbocycles. The van der Waals surface area contributed by atoms with Crippen molar-refractivity contribution in [3.05, 3.63) is 117 Å². The summed E-state index contributed by atoms with van der Waals surface area (Å²) in [6, 6.07) is 19.4. The number of fused-ring (bicyclic) bond motifs is 1. The van der Waals surface area contributed by atoms with Crippen molar-refractivity contribution in [3.8, 4) is 0 Å².